The molecule has 0 spiro atoms. The van der Waals surface area contributed by atoms with E-state index < -0.39 is 0 Å². The summed E-state index contributed by atoms with van der Waals surface area (Å²) in [6.45, 7) is 3.69. The average molecular weight is 273 g/mol. The van der Waals surface area contributed by atoms with Gasteiger partial charge in [-0.05, 0) is 31.9 Å². The summed E-state index contributed by atoms with van der Waals surface area (Å²) >= 11 is 0. The highest BCUT2D eigenvalue weighted by Crippen LogP contribution is 2.20. The largest absolute Gasteiger partial charge is 0.494 e. The summed E-state index contributed by atoms with van der Waals surface area (Å²) in [6.07, 6.45) is 6.37. The molecule has 2 N–H and O–H groups in total. The molecule has 1 aromatic carbocycles. The van der Waals surface area contributed by atoms with Crippen LogP contribution in [0.4, 0.5) is 0 Å². The standard InChI is InChI=1S/C16H23N3O/c1-2-20-13-7-8-14-15(11-13)19-16(18-14)9-10-17-12-5-3-4-6-12/h7-8,11-12,17H,2-6,9-10H2,1H3,(H,18,19). The minimum atomic E-state index is 0.692. The summed E-state index contributed by atoms with van der Waals surface area (Å²) in [5, 5.41) is 3.62. The Morgan fingerprint density at radius 1 is 1.35 bits per heavy atom. The van der Waals surface area contributed by atoms with Crippen LogP contribution in [-0.4, -0.2) is 29.2 Å². The van der Waals surface area contributed by atoms with Crippen molar-refractivity contribution in [2.75, 3.05) is 13.2 Å². The number of ether oxygens (including phenoxy) is 1. The Bertz CT molecular complexity index is 558. The predicted molar refractivity (Wildman–Crippen MR) is 81.2 cm³/mol. The molecule has 4 heteroatoms. The van der Waals surface area contributed by atoms with E-state index in [0.717, 1.165) is 41.6 Å². The smallest absolute Gasteiger partial charge is 0.121 e. The second-order valence-electron chi connectivity index (χ2n) is 5.48. The first kappa shape index (κ1) is 13.4. The third kappa shape index (κ3) is 3.12. The van der Waals surface area contributed by atoms with Gasteiger partial charge in [0.25, 0.3) is 0 Å². The number of rotatable bonds is 6. The van der Waals surface area contributed by atoms with Crippen molar-refractivity contribution in [3.63, 3.8) is 0 Å². The highest BCUT2D eigenvalue weighted by Gasteiger charge is 2.13. The molecule has 2 aromatic rings. The van der Waals surface area contributed by atoms with Crippen LogP contribution in [0.25, 0.3) is 11.0 Å². The van der Waals surface area contributed by atoms with Gasteiger partial charge in [0.2, 0.25) is 0 Å². The Morgan fingerprint density at radius 3 is 3.00 bits per heavy atom. The lowest BCUT2D eigenvalue weighted by Crippen LogP contribution is -2.28. The minimum Gasteiger partial charge on any atom is -0.494 e. The lowest BCUT2D eigenvalue weighted by molar-refractivity contribution is 0.340. The van der Waals surface area contributed by atoms with Crippen LogP contribution in [0.5, 0.6) is 5.75 Å². The zero-order chi connectivity index (χ0) is 13.8. The molecule has 1 fully saturated rings. The van der Waals surface area contributed by atoms with Gasteiger partial charge in [0.05, 0.1) is 17.6 Å². The number of aromatic nitrogens is 2. The van der Waals surface area contributed by atoms with Crippen molar-refractivity contribution in [1.82, 2.24) is 15.3 Å². The molecule has 1 saturated carbocycles. The Morgan fingerprint density at radius 2 is 2.20 bits per heavy atom. The van der Waals surface area contributed by atoms with Crippen molar-refractivity contribution in [1.29, 1.82) is 0 Å². The van der Waals surface area contributed by atoms with Gasteiger partial charge >= 0.3 is 0 Å². The number of hydrogen-bond donors (Lipinski definition) is 2. The van der Waals surface area contributed by atoms with Crippen molar-refractivity contribution >= 4 is 11.0 Å². The van der Waals surface area contributed by atoms with E-state index in [1.165, 1.54) is 25.7 Å². The topological polar surface area (TPSA) is 49.9 Å². The van der Waals surface area contributed by atoms with E-state index in [1.807, 2.05) is 25.1 Å². The highest BCUT2D eigenvalue weighted by molar-refractivity contribution is 5.76. The molecule has 20 heavy (non-hydrogen) atoms. The summed E-state index contributed by atoms with van der Waals surface area (Å²) in [7, 11) is 0. The number of nitrogens with zero attached hydrogens (tertiary/aromatic N) is 1. The van der Waals surface area contributed by atoms with E-state index in [-0.39, 0.29) is 0 Å². The number of aromatic amines is 1. The fraction of sp³-hybridized carbons (Fsp3) is 0.562. The zero-order valence-electron chi connectivity index (χ0n) is 12.1. The number of fused-ring (bicyclic) bond motifs is 1. The van der Waals surface area contributed by atoms with Gasteiger partial charge in [0.1, 0.15) is 11.6 Å². The number of benzene rings is 1. The molecule has 0 aliphatic heterocycles. The van der Waals surface area contributed by atoms with E-state index in [1.54, 1.807) is 0 Å². The molecule has 0 amide bonds. The summed E-state index contributed by atoms with van der Waals surface area (Å²) in [4.78, 5) is 8.02. The SMILES string of the molecule is CCOc1ccc2nc(CCNC3CCCC3)[nH]c2c1. The Labute approximate surface area is 119 Å². The van der Waals surface area contributed by atoms with Gasteiger partial charge in [-0.25, -0.2) is 4.98 Å². The molecule has 1 aliphatic carbocycles. The molecule has 0 atom stereocenters. The maximum Gasteiger partial charge on any atom is 0.121 e. The van der Waals surface area contributed by atoms with Crippen LogP contribution in [0.3, 0.4) is 0 Å². The van der Waals surface area contributed by atoms with Crippen LogP contribution in [0.2, 0.25) is 0 Å². The van der Waals surface area contributed by atoms with E-state index in [9.17, 15) is 0 Å². The lowest BCUT2D eigenvalue weighted by atomic mass is 10.2. The summed E-state index contributed by atoms with van der Waals surface area (Å²) in [5.74, 6) is 1.96. The van der Waals surface area contributed by atoms with Gasteiger partial charge in [0.15, 0.2) is 0 Å². The maximum absolute atomic E-state index is 5.51. The number of nitrogens with one attached hydrogen (secondary N) is 2. The van der Waals surface area contributed by atoms with Crippen molar-refractivity contribution < 1.29 is 4.74 Å². The van der Waals surface area contributed by atoms with Crippen LogP contribution in [0.15, 0.2) is 18.2 Å². The number of hydrogen-bond acceptors (Lipinski definition) is 3. The molecular weight excluding hydrogens is 250 g/mol. The van der Waals surface area contributed by atoms with Crippen LogP contribution >= 0.6 is 0 Å². The first-order valence-electron chi connectivity index (χ1n) is 7.70. The normalized spacial score (nSPS) is 16.1. The van der Waals surface area contributed by atoms with E-state index in [4.69, 9.17) is 4.74 Å². The Balaban J connectivity index is 1.60. The minimum absolute atomic E-state index is 0.692. The molecule has 1 heterocycles. The third-order valence-corrected chi connectivity index (χ3v) is 3.96. The van der Waals surface area contributed by atoms with Gasteiger partial charge in [-0.15, -0.1) is 0 Å². The quantitative estimate of drug-likeness (QED) is 0.850. The molecular formula is C16H23N3O. The van der Waals surface area contributed by atoms with Gasteiger partial charge in [-0.2, -0.15) is 0 Å². The van der Waals surface area contributed by atoms with Crippen LogP contribution in [0, 0.1) is 0 Å². The average Bonchev–Trinajstić information content (AvgIpc) is 3.07. The van der Waals surface area contributed by atoms with Gasteiger partial charge < -0.3 is 15.0 Å². The van der Waals surface area contributed by atoms with E-state index >= 15 is 0 Å². The first-order valence-corrected chi connectivity index (χ1v) is 7.70. The van der Waals surface area contributed by atoms with Gasteiger partial charge in [-0.3, -0.25) is 0 Å². The fourth-order valence-electron chi connectivity index (χ4n) is 2.94. The van der Waals surface area contributed by atoms with Crippen molar-refractivity contribution in [3.05, 3.63) is 24.0 Å². The number of imidazole rings is 1. The molecule has 1 aromatic heterocycles. The van der Waals surface area contributed by atoms with Gasteiger partial charge in [-0.1, -0.05) is 12.8 Å². The first-order chi connectivity index (χ1) is 9.85. The Hall–Kier alpha value is -1.55. The second kappa shape index (κ2) is 6.27. The molecule has 108 valence electrons. The Kier molecular flexibility index (Phi) is 4.21. The van der Waals surface area contributed by atoms with E-state index in [0.29, 0.717) is 6.61 Å². The lowest BCUT2D eigenvalue weighted by Gasteiger charge is -2.10. The predicted octanol–water partition coefficient (Wildman–Crippen LogP) is 3.04. The molecule has 0 radical (unpaired) electrons. The van der Waals surface area contributed by atoms with Crippen LogP contribution in [0.1, 0.15) is 38.4 Å². The highest BCUT2D eigenvalue weighted by atomic mass is 16.5. The molecule has 1 aliphatic rings. The monoisotopic (exact) mass is 273 g/mol. The molecule has 0 bridgehead atoms. The molecule has 3 rings (SSSR count). The fourth-order valence-corrected chi connectivity index (χ4v) is 2.94. The van der Waals surface area contributed by atoms with Crippen LogP contribution in [-0.2, 0) is 6.42 Å². The summed E-state index contributed by atoms with van der Waals surface area (Å²) in [5.41, 5.74) is 2.08. The van der Waals surface area contributed by atoms with E-state index in [2.05, 4.69) is 15.3 Å². The second-order valence-corrected chi connectivity index (χ2v) is 5.48. The summed E-state index contributed by atoms with van der Waals surface area (Å²) < 4.78 is 5.51. The molecule has 4 nitrogen and oxygen atoms in total. The zero-order valence-corrected chi connectivity index (χ0v) is 12.1. The van der Waals surface area contributed by atoms with Gasteiger partial charge in [0, 0.05) is 25.1 Å². The summed E-state index contributed by atoms with van der Waals surface area (Å²) in [6, 6.07) is 6.75. The van der Waals surface area contributed by atoms with Crippen molar-refractivity contribution in [2.45, 2.75) is 45.1 Å². The maximum atomic E-state index is 5.51. The number of H-pyrrole nitrogens is 1. The van der Waals surface area contributed by atoms with Crippen molar-refractivity contribution in [2.24, 2.45) is 0 Å². The third-order valence-electron chi connectivity index (χ3n) is 3.96. The van der Waals surface area contributed by atoms with Crippen molar-refractivity contribution in [3.8, 4) is 5.75 Å². The van der Waals surface area contributed by atoms with Crippen LogP contribution < -0.4 is 10.1 Å². The molecule has 0 unspecified atom stereocenters. The molecule has 0 saturated heterocycles.